The third-order valence-electron chi connectivity index (χ3n) is 6.05. The number of carbonyl (C=O) groups excluding carboxylic acids is 1. The Labute approximate surface area is 167 Å². The zero-order valence-corrected chi connectivity index (χ0v) is 16.7. The van der Waals surface area contributed by atoms with Crippen molar-refractivity contribution < 1.29 is 9.53 Å². The van der Waals surface area contributed by atoms with Crippen LogP contribution in [0.1, 0.15) is 67.2 Å². The maximum absolute atomic E-state index is 12.2. The van der Waals surface area contributed by atoms with Crippen molar-refractivity contribution in [1.82, 2.24) is 0 Å². The Kier molecular flexibility index (Phi) is 5.43. The molecule has 0 radical (unpaired) electrons. The lowest BCUT2D eigenvalue weighted by atomic mass is 9.78. The Morgan fingerprint density at radius 2 is 1.68 bits per heavy atom. The van der Waals surface area contributed by atoms with Crippen LogP contribution in [0.5, 0.6) is 0 Å². The number of cyclic esters (lactones) is 1. The first-order valence-electron chi connectivity index (χ1n) is 10.3. The van der Waals surface area contributed by atoms with Crippen LogP contribution in [0.25, 0.3) is 6.08 Å². The SMILES string of the molecule is CCC1CCC(c2ccc(C3=N/C(=C/c4ccc(C)cc4)C(=O)O3)cc2)CC1. The van der Waals surface area contributed by atoms with E-state index in [4.69, 9.17) is 4.74 Å². The summed E-state index contributed by atoms with van der Waals surface area (Å²) >= 11 is 0. The molecule has 1 fully saturated rings. The Morgan fingerprint density at radius 1 is 1.00 bits per heavy atom. The molecule has 28 heavy (non-hydrogen) atoms. The van der Waals surface area contributed by atoms with Crippen LogP contribution in [0.4, 0.5) is 0 Å². The van der Waals surface area contributed by atoms with E-state index in [1.807, 2.05) is 43.3 Å². The third kappa shape index (κ3) is 4.09. The number of hydrogen-bond acceptors (Lipinski definition) is 3. The molecule has 3 nitrogen and oxygen atoms in total. The number of benzene rings is 2. The van der Waals surface area contributed by atoms with E-state index in [0.717, 1.165) is 17.0 Å². The molecule has 0 N–H and O–H groups in total. The van der Waals surface area contributed by atoms with E-state index in [9.17, 15) is 4.79 Å². The van der Waals surface area contributed by atoms with Gasteiger partial charge in [0.2, 0.25) is 5.90 Å². The number of ether oxygens (including phenoxy) is 1. The van der Waals surface area contributed by atoms with Crippen LogP contribution in [-0.4, -0.2) is 11.9 Å². The summed E-state index contributed by atoms with van der Waals surface area (Å²) < 4.78 is 5.41. The highest BCUT2D eigenvalue weighted by molar-refractivity contribution is 6.12. The lowest BCUT2D eigenvalue weighted by molar-refractivity contribution is -0.129. The predicted molar refractivity (Wildman–Crippen MR) is 113 cm³/mol. The first kappa shape index (κ1) is 18.7. The fraction of sp³-hybridized carbons (Fsp3) is 0.360. The highest BCUT2D eigenvalue weighted by atomic mass is 16.6. The van der Waals surface area contributed by atoms with Gasteiger partial charge in [0.05, 0.1) is 0 Å². The maximum atomic E-state index is 12.2. The van der Waals surface area contributed by atoms with Gasteiger partial charge in [0.15, 0.2) is 5.70 Å². The lowest BCUT2D eigenvalue weighted by Crippen LogP contribution is -2.13. The van der Waals surface area contributed by atoms with Crippen LogP contribution in [0, 0.1) is 12.8 Å². The van der Waals surface area contributed by atoms with E-state index in [1.165, 1.54) is 43.2 Å². The predicted octanol–water partition coefficient (Wildman–Crippen LogP) is 6.02. The molecule has 2 aromatic carbocycles. The number of aryl methyl sites for hydroxylation is 1. The molecule has 0 bridgehead atoms. The van der Waals surface area contributed by atoms with Gasteiger partial charge >= 0.3 is 5.97 Å². The van der Waals surface area contributed by atoms with Gasteiger partial charge in [-0.05, 0) is 73.8 Å². The molecule has 0 amide bonds. The van der Waals surface area contributed by atoms with Gasteiger partial charge in [-0.15, -0.1) is 0 Å². The van der Waals surface area contributed by atoms with Crippen molar-refractivity contribution in [1.29, 1.82) is 0 Å². The van der Waals surface area contributed by atoms with Crippen molar-refractivity contribution in [2.75, 3.05) is 0 Å². The van der Waals surface area contributed by atoms with Crippen LogP contribution in [0.3, 0.4) is 0 Å². The van der Waals surface area contributed by atoms with Crippen molar-refractivity contribution in [3.8, 4) is 0 Å². The van der Waals surface area contributed by atoms with Crippen molar-refractivity contribution in [3.05, 3.63) is 76.5 Å². The summed E-state index contributed by atoms with van der Waals surface area (Å²) in [5, 5.41) is 0. The molecule has 1 heterocycles. The molecule has 1 saturated carbocycles. The molecule has 3 heteroatoms. The summed E-state index contributed by atoms with van der Waals surface area (Å²) in [6.07, 6.45) is 8.29. The van der Waals surface area contributed by atoms with Crippen molar-refractivity contribution >= 4 is 17.9 Å². The molecular weight excluding hydrogens is 346 g/mol. The highest BCUT2D eigenvalue weighted by Gasteiger charge is 2.25. The van der Waals surface area contributed by atoms with Crippen LogP contribution in [-0.2, 0) is 9.53 Å². The fourth-order valence-electron chi connectivity index (χ4n) is 4.16. The molecule has 0 atom stereocenters. The zero-order valence-electron chi connectivity index (χ0n) is 16.7. The van der Waals surface area contributed by atoms with E-state index in [2.05, 4.69) is 24.0 Å². The smallest absolute Gasteiger partial charge is 0.363 e. The van der Waals surface area contributed by atoms with Crippen molar-refractivity contribution in [2.45, 2.75) is 51.9 Å². The Morgan fingerprint density at radius 3 is 2.32 bits per heavy atom. The van der Waals surface area contributed by atoms with E-state index in [-0.39, 0.29) is 0 Å². The van der Waals surface area contributed by atoms with Gasteiger partial charge in [0.25, 0.3) is 0 Å². The molecule has 0 aromatic heterocycles. The Hall–Kier alpha value is -2.68. The van der Waals surface area contributed by atoms with Gasteiger partial charge in [-0.3, -0.25) is 0 Å². The largest absolute Gasteiger partial charge is 0.402 e. The monoisotopic (exact) mass is 373 g/mol. The number of nitrogens with zero attached hydrogens (tertiary/aromatic N) is 1. The van der Waals surface area contributed by atoms with Gasteiger partial charge < -0.3 is 4.74 Å². The molecule has 144 valence electrons. The fourth-order valence-corrected chi connectivity index (χ4v) is 4.16. The molecule has 2 aliphatic rings. The Bertz CT molecular complexity index is 899. The summed E-state index contributed by atoms with van der Waals surface area (Å²) in [5.74, 6) is 1.56. The van der Waals surface area contributed by atoms with Gasteiger partial charge in [-0.1, -0.05) is 55.3 Å². The van der Waals surface area contributed by atoms with Crippen molar-refractivity contribution in [3.63, 3.8) is 0 Å². The van der Waals surface area contributed by atoms with Crippen molar-refractivity contribution in [2.24, 2.45) is 10.9 Å². The Balaban J connectivity index is 1.48. The quantitative estimate of drug-likeness (QED) is 0.485. The first-order valence-corrected chi connectivity index (χ1v) is 10.3. The second-order valence-corrected chi connectivity index (χ2v) is 7.99. The molecule has 0 unspecified atom stereocenters. The number of aliphatic imine (C=N–C) groups is 1. The van der Waals surface area contributed by atoms with E-state index >= 15 is 0 Å². The standard InChI is InChI=1S/C25H27NO2/c1-3-18-8-10-20(11-9-18)21-12-14-22(15-13-21)24-26-23(25(27)28-24)16-19-6-4-17(2)5-7-19/h4-7,12-16,18,20H,3,8-11H2,1-2H3/b23-16+. The molecule has 0 saturated heterocycles. The summed E-state index contributed by atoms with van der Waals surface area (Å²) in [6.45, 7) is 4.33. The first-order chi connectivity index (χ1) is 13.6. The van der Waals surface area contributed by atoms with Gasteiger partial charge in [-0.25, -0.2) is 9.79 Å². The van der Waals surface area contributed by atoms with Gasteiger partial charge in [-0.2, -0.15) is 0 Å². The maximum Gasteiger partial charge on any atom is 0.363 e. The third-order valence-corrected chi connectivity index (χ3v) is 6.05. The second kappa shape index (κ2) is 8.14. The average Bonchev–Trinajstić information content (AvgIpc) is 3.10. The molecule has 1 aliphatic carbocycles. The summed E-state index contributed by atoms with van der Waals surface area (Å²) in [4.78, 5) is 16.6. The van der Waals surface area contributed by atoms with E-state index in [0.29, 0.717) is 17.5 Å². The number of hydrogen-bond donors (Lipinski definition) is 0. The normalized spacial score (nSPS) is 23.6. The number of esters is 1. The van der Waals surface area contributed by atoms with E-state index in [1.54, 1.807) is 6.08 Å². The minimum Gasteiger partial charge on any atom is -0.402 e. The van der Waals surface area contributed by atoms with Gasteiger partial charge in [0, 0.05) is 5.56 Å². The number of rotatable bonds is 4. The summed E-state index contributed by atoms with van der Waals surface area (Å²) in [7, 11) is 0. The zero-order chi connectivity index (χ0) is 19.5. The molecule has 4 rings (SSSR count). The molecule has 1 aliphatic heterocycles. The summed E-state index contributed by atoms with van der Waals surface area (Å²) in [5.41, 5.74) is 4.72. The minimum absolute atomic E-state index is 0.348. The molecule has 0 spiro atoms. The molecule has 2 aromatic rings. The molecular formula is C25H27NO2. The van der Waals surface area contributed by atoms with Crippen LogP contribution >= 0.6 is 0 Å². The van der Waals surface area contributed by atoms with Crippen LogP contribution in [0.15, 0.2) is 59.2 Å². The number of carbonyl (C=O) groups is 1. The second-order valence-electron chi connectivity index (χ2n) is 7.99. The topological polar surface area (TPSA) is 38.7 Å². The van der Waals surface area contributed by atoms with Crippen LogP contribution in [0.2, 0.25) is 0 Å². The van der Waals surface area contributed by atoms with Gasteiger partial charge in [0.1, 0.15) is 0 Å². The lowest BCUT2D eigenvalue weighted by Gasteiger charge is -2.28. The average molecular weight is 373 g/mol. The van der Waals surface area contributed by atoms with E-state index < -0.39 is 5.97 Å². The highest BCUT2D eigenvalue weighted by Crippen LogP contribution is 2.37. The van der Waals surface area contributed by atoms with Crippen LogP contribution < -0.4 is 0 Å². The summed E-state index contributed by atoms with van der Waals surface area (Å²) in [6, 6.07) is 16.4. The minimum atomic E-state index is -0.391.